The van der Waals surface area contributed by atoms with E-state index in [0.29, 0.717) is 6.20 Å². The van der Waals surface area contributed by atoms with Crippen molar-refractivity contribution in [1.29, 1.82) is 0 Å². The van der Waals surface area contributed by atoms with Crippen molar-refractivity contribution >= 4 is 0 Å². The van der Waals surface area contributed by atoms with Crippen molar-refractivity contribution in [3.8, 4) is 11.5 Å². The highest BCUT2D eigenvalue weighted by Crippen LogP contribution is 2.44. The van der Waals surface area contributed by atoms with E-state index < -0.39 is 41.9 Å². The molecule has 0 spiro atoms. The normalized spacial score (nSPS) is 12.4. The topological polar surface area (TPSA) is 51.6 Å². The second kappa shape index (κ2) is 5.11. The first-order valence-corrected chi connectivity index (χ1v) is 4.59. The van der Waals surface area contributed by atoms with Crippen molar-refractivity contribution in [2.75, 3.05) is 7.11 Å². The minimum absolute atomic E-state index is 0.396. The molecule has 0 amide bonds. The van der Waals surface area contributed by atoms with Crippen molar-refractivity contribution in [2.24, 2.45) is 0 Å². The minimum atomic E-state index is -5.20. The lowest BCUT2D eigenvalue weighted by molar-refractivity contribution is -0.275. The summed E-state index contributed by atoms with van der Waals surface area (Å²) in [6.07, 6.45) is -9.85. The molecule has 0 aliphatic heterocycles. The average molecular weight is 291 g/mol. The smallest absolute Gasteiger partial charge is 0.492 e. The van der Waals surface area contributed by atoms with E-state index in [9.17, 15) is 26.3 Å². The number of halogens is 6. The van der Waals surface area contributed by atoms with Gasteiger partial charge >= 0.3 is 12.5 Å². The summed E-state index contributed by atoms with van der Waals surface area (Å²) in [5.74, 6) is -2.43. The van der Waals surface area contributed by atoms with Gasteiger partial charge in [0.05, 0.1) is 25.6 Å². The Bertz CT molecular complexity index is 456. The van der Waals surface area contributed by atoms with Crippen molar-refractivity contribution < 1.29 is 40.9 Å². The molecule has 0 aliphatic rings. The maximum absolute atomic E-state index is 12.7. The number of aliphatic hydroxyl groups excluding tert-OH is 1. The van der Waals surface area contributed by atoms with Gasteiger partial charge in [-0.3, -0.25) is 4.98 Å². The number of aliphatic hydroxyl groups is 1. The monoisotopic (exact) mass is 291 g/mol. The second-order valence-electron chi connectivity index (χ2n) is 3.18. The average Bonchev–Trinajstić information content (AvgIpc) is 2.25. The number of pyridine rings is 1. The third-order valence-electron chi connectivity index (χ3n) is 1.94. The van der Waals surface area contributed by atoms with Crippen LogP contribution >= 0.6 is 0 Å². The van der Waals surface area contributed by atoms with Crippen molar-refractivity contribution in [3.63, 3.8) is 0 Å². The van der Waals surface area contributed by atoms with Gasteiger partial charge in [-0.2, -0.15) is 13.2 Å². The lowest BCUT2D eigenvalue weighted by atomic mass is 10.1. The van der Waals surface area contributed by atoms with Crippen LogP contribution in [-0.2, 0) is 12.8 Å². The Balaban J connectivity index is 3.45. The van der Waals surface area contributed by atoms with Crippen molar-refractivity contribution in [2.45, 2.75) is 19.1 Å². The zero-order valence-electron chi connectivity index (χ0n) is 9.26. The number of hydrogen-bond donors (Lipinski definition) is 1. The molecular formula is C9H7F6NO3. The lowest BCUT2D eigenvalue weighted by Crippen LogP contribution is -2.20. The van der Waals surface area contributed by atoms with Crippen molar-refractivity contribution in [3.05, 3.63) is 17.5 Å². The summed E-state index contributed by atoms with van der Waals surface area (Å²) in [7, 11) is 0.745. The molecule has 1 N–H and O–H groups in total. The predicted molar refractivity (Wildman–Crippen MR) is 48.4 cm³/mol. The zero-order chi connectivity index (χ0) is 14.8. The molecule has 1 rings (SSSR count). The fraction of sp³-hybridized carbons (Fsp3) is 0.444. The highest BCUT2D eigenvalue weighted by atomic mass is 19.4. The third kappa shape index (κ3) is 3.63. The van der Waals surface area contributed by atoms with E-state index in [0.717, 1.165) is 7.11 Å². The second-order valence-corrected chi connectivity index (χ2v) is 3.18. The Morgan fingerprint density at radius 1 is 1.21 bits per heavy atom. The van der Waals surface area contributed by atoms with Gasteiger partial charge in [-0.25, -0.2) is 0 Å². The van der Waals surface area contributed by atoms with Gasteiger partial charge in [0.15, 0.2) is 11.5 Å². The Labute approximate surface area is 102 Å². The number of ether oxygens (including phenoxy) is 2. The van der Waals surface area contributed by atoms with Crippen LogP contribution in [0.3, 0.4) is 0 Å². The van der Waals surface area contributed by atoms with E-state index in [2.05, 4.69) is 14.5 Å². The van der Waals surface area contributed by atoms with E-state index in [4.69, 9.17) is 5.11 Å². The van der Waals surface area contributed by atoms with E-state index in [1.165, 1.54) is 0 Å². The molecular weight excluding hydrogens is 284 g/mol. The number of nitrogens with zero attached hydrogens (tertiary/aromatic N) is 1. The zero-order valence-corrected chi connectivity index (χ0v) is 9.26. The Morgan fingerprint density at radius 3 is 2.16 bits per heavy atom. The van der Waals surface area contributed by atoms with Crippen LogP contribution in [0.5, 0.6) is 11.5 Å². The summed E-state index contributed by atoms with van der Waals surface area (Å²) in [5, 5.41) is 8.74. The molecule has 1 heterocycles. The largest absolute Gasteiger partial charge is 0.573 e. The lowest BCUT2D eigenvalue weighted by Gasteiger charge is -2.18. The SMILES string of the molecule is COc1c(OC(F)(F)F)cnc(CO)c1C(F)(F)F. The van der Waals surface area contributed by atoms with Gasteiger partial charge in [0.2, 0.25) is 0 Å². The molecule has 0 fully saturated rings. The molecule has 0 saturated heterocycles. The Morgan fingerprint density at radius 2 is 1.79 bits per heavy atom. The molecule has 0 bridgehead atoms. The van der Waals surface area contributed by atoms with Crippen LogP contribution in [0.25, 0.3) is 0 Å². The quantitative estimate of drug-likeness (QED) is 0.869. The number of hydrogen-bond acceptors (Lipinski definition) is 4. The molecule has 19 heavy (non-hydrogen) atoms. The van der Waals surface area contributed by atoms with Gasteiger partial charge in [-0.1, -0.05) is 0 Å². The molecule has 0 atom stereocenters. The fourth-order valence-corrected chi connectivity index (χ4v) is 1.33. The maximum Gasteiger partial charge on any atom is 0.573 e. The number of alkyl halides is 6. The van der Waals surface area contributed by atoms with Crippen LogP contribution in [0.15, 0.2) is 6.20 Å². The molecule has 0 aromatic carbocycles. The molecule has 1 aromatic heterocycles. The van der Waals surface area contributed by atoms with Gasteiger partial charge < -0.3 is 14.6 Å². The van der Waals surface area contributed by atoms with E-state index in [1.54, 1.807) is 0 Å². The van der Waals surface area contributed by atoms with Gasteiger partial charge in [0, 0.05) is 0 Å². The van der Waals surface area contributed by atoms with Gasteiger partial charge in [-0.15, -0.1) is 13.2 Å². The maximum atomic E-state index is 12.7. The Kier molecular flexibility index (Phi) is 4.13. The first kappa shape index (κ1) is 15.3. The number of aromatic nitrogens is 1. The fourth-order valence-electron chi connectivity index (χ4n) is 1.33. The highest BCUT2D eigenvalue weighted by Gasteiger charge is 2.41. The summed E-state index contributed by atoms with van der Waals surface area (Å²) in [6, 6.07) is 0. The van der Waals surface area contributed by atoms with Crippen LogP contribution in [-0.4, -0.2) is 23.6 Å². The molecule has 0 radical (unpaired) electrons. The molecule has 4 nitrogen and oxygen atoms in total. The van der Waals surface area contributed by atoms with E-state index in [-0.39, 0.29) is 0 Å². The van der Waals surface area contributed by atoms with Crippen molar-refractivity contribution in [1.82, 2.24) is 4.98 Å². The number of rotatable bonds is 3. The van der Waals surface area contributed by atoms with Crippen LogP contribution in [0, 0.1) is 0 Å². The van der Waals surface area contributed by atoms with Crippen LogP contribution in [0.1, 0.15) is 11.3 Å². The summed E-state index contributed by atoms with van der Waals surface area (Å²) >= 11 is 0. The number of methoxy groups -OCH3 is 1. The standard InChI is InChI=1S/C9H7F6NO3/c1-18-7-5(19-9(13,14)15)2-16-4(3-17)6(7)8(10,11)12/h2,17H,3H2,1H3. The van der Waals surface area contributed by atoms with Crippen LogP contribution in [0.4, 0.5) is 26.3 Å². The predicted octanol–water partition coefficient (Wildman–Crippen LogP) is 2.50. The minimum Gasteiger partial charge on any atom is -0.492 e. The Hall–Kier alpha value is -1.71. The summed E-state index contributed by atoms with van der Waals surface area (Å²) in [4.78, 5) is 3.08. The first-order valence-electron chi connectivity index (χ1n) is 4.59. The summed E-state index contributed by atoms with van der Waals surface area (Å²) < 4.78 is 82.0. The summed E-state index contributed by atoms with van der Waals surface area (Å²) in [6.45, 7) is -1.11. The van der Waals surface area contributed by atoms with E-state index >= 15 is 0 Å². The van der Waals surface area contributed by atoms with Gasteiger partial charge in [-0.05, 0) is 0 Å². The molecule has 1 aromatic rings. The molecule has 108 valence electrons. The van der Waals surface area contributed by atoms with Gasteiger partial charge in [0.25, 0.3) is 0 Å². The third-order valence-corrected chi connectivity index (χ3v) is 1.94. The van der Waals surface area contributed by atoms with Crippen LogP contribution < -0.4 is 9.47 Å². The van der Waals surface area contributed by atoms with Gasteiger partial charge in [0.1, 0.15) is 5.56 Å². The first-order chi connectivity index (χ1) is 8.60. The van der Waals surface area contributed by atoms with Crippen LogP contribution in [0.2, 0.25) is 0 Å². The molecule has 0 aliphatic carbocycles. The van der Waals surface area contributed by atoms with E-state index in [1.807, 2.05) is 0 Å². The molecule has 10 heteroatoms. The highest BCUT2D eigenvalue weighted by molar-refractivity contribution is 5.48. The summed E-state index contributed by atoms with van der Waals surface area (Å²) in [5.41, 5.74) is -2.47. The molecule has 0 unspecified atom stereocenters. The molecule has 0 saturated carbocycles.